The lowest BCUT2D eigenvalue weighted by Crippen LogP contribution is -2.46. The molecule has 1 aliphatic carbocycles. The molecule has 1 spiro atoms. The molecule has 30 heavy (non-hydrogen) atoms. The molecule has 2 aromatic rings. The maximum atomic E-state index is 12.5. The molecule has 0 unspecified atom stereocenters. The molecule has 1 amide bonds. The molecule has 1 fully saturated rings. The van der Waals surface area contributed by atoms with Crippen LogP contribution in [0.1, 0.15) is 69.7 Å². The lowest BCUT2D eigenvalue weighted by molar-refractivity contribution is 0.0168. The fourth-order valence-corrected chi connectivity index (χ4v) is 4.75. The SMILES string of the molecule is C[C@H](/N=C1\CC2(CCN(C(=O)OC(C)(C)C)CC2)c2ccccc21)c1ccccc1. The molecule has 0 aromatic heterocycles. The van der Waals surface area contributed by atoms with Crippen molar-refractivity contribution in [1.29, 1.82) is 0 Å². The minimum Gasteiger partial charge on any atom is -0.444 e. The number of nitrogens with zero attached hydrogens (tertiary/aromatic N) is 2. The van der Waals surface area contributed by atoms with E-state index in [-0.39, 0.29) is 17.6 Å². The Morgan fingerprint density at radius 1 is 1.03 bits per heavy atom. The molecule has 0 N–H and O–H groups in total. The number of benzene rings is 2. The molecule has 2 aromatic carbocycles. The number of piperidine rings is 1. The van der Waals surface area contributed by atoms with Crippen molar-refractivity contribution in [2.45, 2.75) is 64.0 Å². The second kappa shape index (κ2) is 7.90. The number of carbonyl (C=O) groups excluding carboxylic acids is 1. The van der Waals surface area contributed by atoms with E-state index in [1.807, 2.05) is 31.7 Å². The van der Waals surface area contributed by atoms with E-state index >= 15 is 0 Å². The Labute approximate surface area is 180 Å². The van der Waals surface area contributed by atoms with Crippen LogP contribution >= 0.6 is 0 Å². The summed E-state index contributed by atoms with van der Waals surface area (Å²) in [6.45, 7) is 9.37. The van der Waals surface area contributed by atoms with Crippen LogP contribution < -0.4 is 0 Å². The van der Waals surface area contributed by atoms with Gasteiger partial charge in [-0.1, -0.05) is 54.6 Å². The van der Waals surface area contributed by atoms with Gasteiger partial charge in [0.2, 0.25) is 0 Å². The molecule has 4 rings (SSSR count). The average Bonchev–Trinajstić information content (AvgIpc) is 3.01. The summed E-state index contributed by atoms with van der Waals surface area (Å²) in [5, 5.41) is 0. The summed E-state index contributed by atoms with van der Waals surface area (Å²) in [7, 11) is 0. The molecule has 1 saturated heterocycles. The van der Waals surface area contributed by atoms with Crippen LogP contribution in [0, 0.1) is 0 Å². The summed E-state index contributed by atoms with van der Waals surface area (Å²) in [4.78, 5) is 19.5. The lowest BCUT2D eigenvalue weighted by Gasteiger charge is -2.40. The van der Waals surface area contributed by atoms with E-state index in [4.69, 9.17) is 9.73 Å². The van der Waals surface area contributed by atoms with Gasteiger partial charge in [-0.15, -0.1) is 0 Å². The third-order valence-corrected chi connectivity index (χ3v) is 6.32. The molecule has 1 heterocycles. The van der Waals surface area contributed by atoms with Crippen LogP contribution in [0.4, 0.5) is 4.79 Å². The van der Waals surface area contributed by atoms with Crippen LogP contribution in [-0.2, 0) is 10.2 Å². The van der Waals surface area contributed by atoms with Gasteiger partial charge in [0.05, 0.1) is 6.04 Å². The van der Waals surface area contributed by atoms with Crippen molar-refractivity contribution in [2.24, 2.45) is 4.99 Å². The van der Waals surface area contributed by atoms with E-state index in [9.17, 15) is 4.79 Å². The van der Waals surface area contributed by atoms with Crippen molar-refractivity contribution in [3.63, 3.8) is 0 Å². The number of hydrogen-bond donors (Lipinski definition) is 0. The van der Waals surface area contributed by atoms with Crippen LogP contribution in [0.5, 0.6) is 0 Å². The van der Waals surface area contributed by atoms with Crippen molar-refractivity contribution in [3.05, 3.63) is 71.3 Å². The van der Waals surface area contributed by atoms with E-state index < -0.39 is 5.60 Å². The van der Waals surface area contributed by atoms with Gasteiger partial charge in [0.15, 0.2) is 0 Å². The van der Waals surface area contributed by atoms with Gasteiger partial charge in [0.25, 0.3) is 0 Å². The van der Waals surface area contributed by atoms with Crippen LogP contribution in [-0.4, -0.2) is 35.4 Å². The second-order valence-corrected chi connectivity index (χ2v) is 9.63. The summed E-state index contributed by atoms with van der Waals surface area (Å²) < 4.78 is 5.58. The Balaban J connectivity index is 1.55. The summed E-state index contributed by atoms with van der Waals surface area (Å²) in [6, 6.07) is 19.3. The van der Waals surface area contributed by atoms with Gasteiger partial charge in [0, 0.05) is 24.2 Å². The number of rotatable bonds is 2. The molecule has 0 saturated carbocycles. The Kier molecular flexibility index (Phi) is 5.44. The average molecular weight is 405 g/mol. The number of amides is 1. The molecular formula is C26H32N2O2. The van der Waals surface area contributed by atoms with Crippen LogP contribution in [0.2, 0.25) is 0 Å². The third kappa shape index (κ3) is 4.14. The van der Waals surface area contributed by atoms with Gasteiger partial charge in [0.1, 0.15) is 5.60 Å². The molecule has 1 aliphatic heterocycles. The number of likely N-dealkylation sites (tertiary alicyclic amines) is 1. The van der Waals surface area contributed by atoms with Gasteiger partial charge >= 0.3 is 6.09 Å². The number of carbonyl (C=O) groups is 1. The topological polar surface area (TPSA) is 41.9 Å². The predicted molar refractivity (Wildman–Crippen MR) is 121 cm³/mol. The number of fused-ring (bicyclic) bond motifs is 2. The van der Waals surface area contributed by atoms with E-state index in [0.29, 0.717) is 0 Å². The molecule has 0 bridgehead atoms. The van der Waals surface area contributed by atoms with Gasteiger partial charge in [-0.2, -0.15) is 0 Å². The van der Waals surface area contributed by atoms with Crippen LogP contribution in [0.3, 0.4) is 0 Å². The minimum absolute atomic E-state index is 0.0738. The van der Waals surface area contributed by atoms with Gasteiger partial charge < -0.3 is 9.64 Å². The van der Waals surface area contributed by atoms with E-state index in [0.717, 1.165) is 32.4 Å². The Bertz CT molecular complexity index is 935. The first-order valence-electron chi connectivity index (χ1n) is 11.0. The van der Waals surface area contributed by atoms with E-state index in [1.54, 1.807) is 0 Å². The lowest BCUT2D eigenvalue weighted by atomic mass is 9.74. The smallest absolute Gasteiger partial charge is 0.410 e. The normalized spacial score (nSPS) is 20.3. The van der Waals surface area contributed by atoms with Crippen molar-refractivity contribution in [3.8, 4) is 0 Å². The molecule has 4 nitrogen and oxygen atoms in total. The molecule has 2 aliphatic rings. The predicted octanol–water partition coefficient (Wildman–Crippen LogP) is 5.91. The fraction of sp³-hybridized carbons (Fsp3) is 0.462. The highest BCUT2D eigenvalue weighted by Crippen LogP contribution is 2.47. The van der Waals surface area contributed by atoms with Gasteiger partial charge in [-0.3, -0.25) is 4.99 Å². The Morgan fingerprint density at radius 3 is 2.33 bits per heavy atom. The zero-order valence-corrected chi connectivity index (χ0v) is 18.5. The highest BCUT2D eigenvalue weighted by Gasteiger charge is 2.45. The van der Waals surface area contributed by atoms with Gasteiger partial charge in [-0.05, 0) is 63.6 Å². The largest absolute Gasteiger partial charge is 0.444 e. The number of hydrogen-bond acceptors (Lipinski definition) is 3. The summed E-state index contributed by atoms with van der Waals surface area (Å²) >= 11 is 0. The van der Waals surface area contributed by atoms with Crippen molar-refractivity contribution < 1.29 is 9.53 Å². The maximum absolute atomic E-state index is 12.5. The Morgan fingerprint density at radius 2 is 1.67 bits per heavy atom. The quantitative estimate of drug-likeness (QED) is 0.624. The molecule has 0 radical (unpaired) electrons. The summed E-state index contributed by atoms with van der Waals surface area (Å²) in [5.41, 5.74) is 4.74. The first kappa shape index (κ1) is 20.6. The van der Waals surface area contributed by atoms with E-state index in [2.05, 4.69) is 55.5 Å². The maximum Gasteiger partial charge on any atom is 0.410 e. The first-order valence-corrected chi connectivity index (χ1v) is 11.0. The molecular weight excluding hydrogens is 372 g/mol. The third-order valence-electron chi connectivity index (χ3n) is 6.32. The zero-order chi connectivity index (χ0) is 21.4. The molecule has 4 heteroatoms. The first-order chi connectivity index (χ1) is 14.3. The highest BCUT2D eigenvalue weighted by molar-refractivity contribution is 6.06. The highest BCUT2D eigenvalue weighted by atomic mass is 16.6. The zero-order valence-electron chi connectivity index (χ0n) is 18.5. The minimum atomic E-state index is -0.459. The standard InChI is InChI=1S/C26H32N2O2/c1-19(20-10-6-5-7-11-20)27-23-18-26(22-13-9-8-12-21(22)23)14-16-28(17-15-26)24(29)30-25(2,3)4/h5-13,19H,14-18H2,1-4H3/b27-23+/t19-/m0/s1. The monoisotopic (exact) mass is 404 g/mol. The molecule has 1 atom stereocenters. The van der Waals surface area contributed by atoms with Crippen LogP contribution in [0.15, 0.2) is 59.6 Å². The van der Waals surface area contributed by atoms with Crippen LogP contribution in [0.25, 0.3) is 0 Å². The number of ether oxygens (including phenoxy) is 1. The van der Waals surface area contributed by atoms with Crippen molar-refractivity contribution in [1.82, 2.24) is 4.90 Å². The van der Waals surface area contributed by atoms with Gasteiger partial charge in [-0.25, -0.2) is 4.79 Å². The second-order valence-electron chi connectivity index (χ2n) is 9.63. The summed E-state index contributed by atoms with van der Waals surface area (Å²) in [6.07, 6.45) is 2.64. The fourth-order valence-electron chi connectivity index (χ4n) is 4.75. The van der Waals surface area contributed by atoms with Crippen molar-refractivity contribution in [2.75, 3.05) is 13.1 Å². The Hall–Kier alpha value is -2.62. The van der Waals surface area contributed by atoms with Crippen molar-refractivity contribution >= 4 is 11.8 Å². The van der Waals surface area contributed by atoms with E-state index in [1.165, 1.54) is 22.4 Å². The molecule has 158 valence electrons. The number of aliphatic imine (C=N–C) groups is 1. The summed E-state index contributed by atoms with van der Waals surface area (Å²) in [5.74, 6) is 0.